The van der Waals surface area contributed by atoms with Gasteiger partial charge in [0.1, 0.15) is 11.9 Å². The first kappa shape index (κ1) is 27.3. The lowest BCUT2D eigenvalue weighted by Crippen LogP contribution is -2.28. The van der Waals surface area contributed by atoms with Gasteiger partial charge in [-0.15, -0.1) is 0 Å². The molecule has 3 aromatic rings. The Morgan fingerprint density at radius 3 is 2.58 bits per heavy atom. The van der Waals surface area contributed by atoms with Crippen molar-refractivity contribution < 1.29 is 28.9 Å². The number of carbonyl (C=O) groups excluding carboxylic acids is 2. The minimum absolute atomic E-state index is 0.0999. The van der Waals surface area contributed by atoms with Crippen molar-refractivity contribution in [2.75, 3.05) is 23.2 Å². The van der Waals surface area contributed by atoms with Gasteiger partial charge < -0.3 is 30.4 Å². The molecule has 2 amide bonds. The number of para-hydroxylation sites is 2. The van der Waals surface area contributed by atoms with Crippen LogP contribution in [0.3, 0.4) is 0 Å². The summed E-state index contributed by atoms with van der Waals surface area (Å²) in [7, 11) is 0. The second kappa shape index (κ2) is 11.4. The van der Waals surface area contributed by atoms with E-state index in [9.17, 15) is 14.7 Å². The van der Waals surface area contributed by atoms with E-state index in [1.807, 2.05) is 0 Å². The number of ether oxygens (including phenoxy) is 3. The van der Waals surface area contributed by atoms with E-state index >= 15 is 0 Å². The number of nitrogens with two attached hydrogens (primary N) is 1. The molecule has 0 bridgehead atoms. The van der Waals surface area contributed by atoms with E-state index in [0.29, 0.717) is 43.1 Å². The largest absolute Gasteiger partial charge is 0.506 e. The van der Waals surface area contributed by atoms with Gasteiger partial charge in [-0.3, -0.25) is 10.1 Å². The summed E-state index contributed by atoms with van der Waals surface area (Å²) in [5, 5.41) is 16.2. The summed E-state index contributed by atoms with van der Waals surface area (Å²) < 4.78 is 17.6. The molecule has 3 aromatic carbocycles. The molecule has 0 spiro atoms. The summed E-state index contributed by atoms with van der Waals surface area (Å²) in [5.41, 5.74) is 6.63. The number of benzene rings is 3. The monoisotopic (exact) mass is 645 g/mol. The van der Waals surface area contributed by atoms with E-state index < -0.39 is 23.5 Å². The van der Waals surface area contributed by atoms with E-state index in [-0.39, 0.29) is 12.5 Å². The molecule has 198 valence electrons. The fourth-order valence-corrected chi connectivity index (χ4v) is 5.05. The van der Waals surface area contributed by atoms with Crippen LogP contribution in [-0.2, 0) is 9.53 Å². The molecule has 4 rings (SSSR count). The smallest absolute Gasteiger partial charge is 0.412 e. The lowest BCUT2D eigenvalue weighted by molar-refractivity contribution is -0.112. The van der Waals surface area contributed by atoms with Crippen molar-refractivity contribution in [1.82, 2.24) is 0 Å². The van der Waals surface area contributed by atoms with Gasteiger partial charge in [0.05, 0.1) is 15.8 Å². The summed E-state index contributed by atoms with van der Waals surface area (Å²) in [4.78, 5) is 25.7. The van der Waals surface area contributed by atoms with E-state index in [4.69, 9.17) is 19.9 Å². The molecule has 0 aromatic heterocycles. The molecule has 38 heavy (non-hydrogen) atoms. The average Bonchev–Trinajstić information content (AvgIpc) is 3.33. The Kier molecular flexibility index (Phi) is 8.17. The number of phenols is 1. The molecule has 9 nitrogen and oxygen atoms in total. The Balaban J connectivity index is 1.59. The van der Waals surface area contributed by atoms with Gasteiger partial charge in [-0.05, 0) is 58.4 Å². The Morgan fingerprint density at radius 1 is 1.08 bits per heavy atom. The van der Waals surface area contributed by atoms with Gasteiger partial charge in [-0.25, -0.2) is 4.79 Å². The summed E-state index contributed by atoms with van der Waals surface area (Å²) >= 11 is 6.75. The number of aromatic hydroxyl groups is 1. The number of carbonyl (C=O) groups is 2. The van der Waals surface area contributed by atoms with Crippen LogP contribution >= 0.6 is 31.9 Å². The molecule has 0 saturated heterocycles. The van der Waals surface area contributed by atoms with Gasteiger partial charge in [-0.1, -0.05) is 48.0 Å². The van der Waals surface area contributed by atoms with Gasteiger partial charge in [-0.2, -0.15) is 0 Å². The fourth-order valence-electron chi connectivity index (χ4n) is 3.79. The van der Waals surface area contributed by atoms with Gasteiger partial charge in [0.15, 0.2) is 11.5 Å². The summed E-state index contributed by atoms with van der Waals surface area (Å²) in [6, 6.07) is 15.2. The first-order chi connectivity index (χ1) is 18.0. The van der Waals surface area contributed by atoms with Crippen molar-refractivity contribution in [3.63, 3.8) is 0 Å². The topological polar surface area (TPSA) is 132 Å². The van der Waals surface area contributed by atoms with Gasteiger partial charge in [0.2, 0.25) is 12.7 Å². The van der Waals surface area contributed by atoms with Crippen LogP contribution < -0.4 is 25.8 Å². The van der Waals surface area contributed by atoms with Crippen molar-refractivity contribution in [2.45, 2.75) is 20.0 Å². The molecule has 0 fully saturated rings. The lowest BCUT2D eigenvalue weighted by Gasteiger charge is -2.32. The van der Waals surface area contributed by atoms with E-state index in [1.165, 1.54) is 6.08 Å². The van der Waals surface area contributed by atoms with E-state index in [1.54, 1.807) is 74.5 Å². The van der Waals surface area contributed by atoms with Crippen molar-refractivity contribution >= 4 is 60.9 Å². The second-order valence-electron chi connectivity index (χ2n) is 9.04. The van der Waals surface area contributed by atoms with Crippen LogP contribution in [-0.4, -0.2) is 23.9 Å². The van der Waals surface area contributed by atoms with Gasteiger partial charge in [0, 0.05) is 27.2 Å². The van der Waals surface area contributed by atoms with Crippen LogP contribution in [0.1, 0.15) is 25.5 Å². The third kappa shape index (κ3) is 6.40. The first-order valence-corrected chi connectivity index (χ1v) is 13.0. The first-order valence-electron chi connectivity index (χ1n) is 11.4. The Morgan fingerprint density at radius 2 is 1.82 bits per heavy atom. The van der Waals surface area contributed by atoms with Crippen LogP contribution in [0.25, 0.3) is 0 Å². The van der Waals surface area contributed by atoms with Crippen LogP contribution in [0.15, 0.2) is 75.7 Å². The summed E-state index contributed by atoms with van der Waals surface area (Å²) in [6.07, 6.45) is 1.17. The minimum Gasteiger partial charge on any atom is -0.506 e. The maximum absolute atomic E-state index is 13.0. The minimum atomic E-state index is -1.00. The van der Waals surface area contributed by atoms with Gasteiger partial charge in [0.25, 0.3) is 0 Å². The molecule has 0 radical (unpaired) electrons. The molecule has 0 unspecified atom stereocenters. The van der Waals surface area contributed by atoms with Crippen molar-refractivity contribution in [2.24, 2.45) is 5.41 Å². The normalized spacial score (nSPS) is 13.3. The molecule has 11 heteroatoms. The third-order valence-electron chi connectivity index (χ3n) is 5.74. The number of fused-ring (bicyclic) bond motifs is 1. The molecule has 0 saturated carbocycles. The standard InChI is InChI=1S/C27H25Br2N3O6/c1-27(2,10-9-23(33)32-20-6-4-3-5-19(20)30)25(17-11-15(28)12-18(29)24(17)34)38-26(35)31-16-7-8-21-22(13-16)37-14-36-21/h3-13,25,34H,14,30H2,1-2H3,(H,31,35)(H,32,33)/b10-9+/t25-/m1/s1. The van der Waals surface area contributed by atoms with E-state index in [0.717, 1.165) is 0 Å². The van der Waals surface area contributed by atoms with Crippen LogP contribution in [0.4, 0.5) is 21.9 Å². The highest BCUT2D eigenvalue weighted by Crippen LogP contribution is 2.45. The Bertz CT molecular complexity index is 1410. The third-order valence-corrected chi connectivity index (χ3v) is 6.80. The molecule has 5 N–H and O–H groups in total. The van der Waals surface area contributed by atoms with Crippen molar-refractivity contribution in [1.29, 1.82) is 0 Å². The second-order valence-corrected chi connectivity index (χ2v) is 10.8. The molecular weight excluding hydrogens is 622 g/mol. The Hall–Kier alpha value is -3.70. The zero-order valence-corrected chi connectivity index (χ0v) is 23.6. The zero-order valence-electron chi connectivity index (χ0n) is 20.5. The molecule has 1 aliphatic heterocycles. The predicted molar refractivity (Wildman–Crippen MR) is 151 cm³/mol. The van der Waals surface area contributed by atoms with Crippen molar-refractivity contribution in [3.05, 3.63) is 81.3 Å². The average molecular weight is 647 g/mol. The number of nitrogen functional groups attached to an aromatic ring is 1. The lowest BCUT2D eigenvalue weighted by atomic mass is 9.81. The van der Waals surface area contributed by atoms with Gasteiger partial charge >= 0.3 is 6.09 Å². The highest BCUT2D eigenvalue weighted by atomic mass is 79.9. The number of halogens is 2. The number of hydrogen-bond acceptors (Lipinski definition) is 7. The van der Waals surface area contributed by atoms with Crippen LogP contribution in [0.5, 0.6) is 17.2 Å². The maximum Gasteiger partial charge on any atom is 0.412 e. The quantitative estimate of drug-likeness (QED) is 0.165. The van der Waals surface area contributed by atoms with E-state index in [2.05, 4.69) is 42.5 Å². The number of anilines is 3. The number of amides is 2. The molecular formula is C27H25Br2N3O6. The molecule has 1 heterocycles. The van der Waals surface area contributed by atoms with Crippen LogP contribution in [0, 0.1) is 5.41 Å². The maximum atomic E-state index is 13.0. The number of rotatable bonds is 7. The van der Waals surface area contributed by atoms with Crippen LogP contribution in [0.2, 0.25) is 0 Å². The fraction of sp³-hybridized carbons (Fsp3) is 0.185. The predicted octanol–water partition coefficient (Wildman–Crippen LogP) is 6.74. The SMILES string of the molecule is CC(C)(/C=C/C(=O)Nc1ccccc1N)[C@H](OC(=O)Nc1ccc2c(c1)OCO2)c1cc(Br)cc(Br)c1O. The molecule has 1 aliphatic rings. The highest BCUT2D eigenvalue weighted by molar-refractivity contribution is 9.11. The summed E-state index contributed by atoms with van der Waals surface area (Å²) in [5.74, 6) is 0.560. The highest BCUT2D eigenvalue weighted by Gasteiger charge is 2.35. The molecule has 0 aliphatic carbocycles. The van der Waals surface area contributed by atoms with Crippen molar-refractivity contribution in [3.8, 4) is 17.2 Å². The number of phenolic OH excluding ortho intramolecular Hbond substituents is 1. The number of hydrogen-bond donors (Lipinski definition) is 4. The molecule has 1 atom stereocenters. The Labute approximate surface area is 236 Å². The number of nitrogens with one attached hydrogen (secondary N) is 2. The summed E-state index contributed by atoms with van der Waals surface area (Å²) in [6.45, 7) is 3.66. The zero-order chi connectivity index (χ0) is 27.4.